The first-order valence-corrected chi connectivity index (χ1v) is 12.3. The summed E-state index contributed by atoms with van der Waals surface area (Å²) in [6, 6.07) is 3.21. The third-order valence-corrected chi connectivity index (χ3v) is 6.70. The van der Waals surface area contributed by atoms with E-state index in [0.717, 1.165) is 17.7 Å². The molecule has 0 bridgehead atoms. The minimum Gasteiger partial charge on any atom is -0.474 e. The van der Waals surface area contributed by atoms with Gasteiger partial charge in [0, 0.05) is 25.1 Å². The second kappa shape index (κ2) is 11.5. The smallest absolute Gasteiger partial charge is 0.434 e. The SMILES string of the molecule is Cc1nsc(Nc2cnc(C(F)(F)F)cn2)c1C(=O)Nc1ccc(OC2CCN(CC(F)F)CC2C)nc1. The second-order valence-corrected chi connectivity index (χ2v) is 9.57. The van der Waals surface area contributed by atoms with Crippen LogP contribution in [0.15, 0.2) is 30.7 Å². The molecule has 1 aliphatic heterocycles. The van der Waals surface area contributed by atoms with Gasteiger partial charge in [-0.15, -0.1) is 0 Å². The number of carbonyl (C=O) groups excluding carboxylic acids is 1. The summed E-state index contributed by atoms with van der Waals surface area (Å²) in [5.41, 5.74) is -0.141. The number of piperidine rings is 1. The lowest BCUT2D eigenvalue weighted by molar-refractivity contribution is -0.141. The van der Waals surface area contributed by atoms with E-state index in [0.29, 0.717) is 43.0 Å². The monoisotopic (exact) mass is 557 g/mol. The standard InChI is InChI=1S/C23H24F5N7O2S/c1-12-10-35(11-17(24)25)6-5-15(12)37-19-4-3-14(7-31-19)32-21(36)20-13(2)34-38-22(20)33-18-9-29-16(8-30-18)23(26,27)28/h3-4,7-9,12,15,17H,5-6,10-11H2,1-2H3,(H,30,33)(H,32,36). The van der Waals surface area contributed by atoms with Crippen LogP contribution in [0, 0.1) is 12.8 Å². The molecule has 3 aromatic heterocycles. The first-order valence-electron chi connectivity index (χ1n) is 11.6. The molecule has 0 saturated carbocycles. The van der Waals surface area contributed by atoms with E-state index in [1.807, 2.05) is 6.92 Å². The minimum absolute atomic E-state index is 0.0214. The Morgan fingerprint density at radius 2 is 2.00 bits per heavy atom. The van der Waals surface area contributed by atoms with Crippen molar-refractivity contribution in [3.05, 3.63) is 47.7 Å². The molecule has 204 valence electrons. The van der Waals surface area contributed by atoms with Crippen molar-refractivity contribution in [2.75, 3.05) is 30.3 Å². The number of hydrogen-bond acceptors (Lipinski definition) is 9. The molecular weight excluding hydrogens is 533 g/mol. The highest BCUT2D eigenvalue weighted by Gasteiger charge is 2.33. The molecule has 38 heavy (non-hydrogen) atoms. The fraction of sp³-hybridized carbons (Fsp3) is 0.435. The van der Waals surface area contributed by atoms with Crippen LogP contribution in [0.2, 0.25) is 0 Å². The van der Waals surface area contributed by atoms with Crippen LogP contribution in [-0.4, -0.2) is 62.3 Å². The first-order chi connectivity index (χ1) is 18.0. The number of pyridine rings is 1. The predicted molar refractivity (Wildman–Crippen MR) is 130 cm³/mol. The van der Waals surface area contributed by atoms with Gasteiger partial charge in [0.15, 0.2) is 5.69 Å². The molecule has 1 fully saturated rings. The summed E-state index contributed by atoms with van der Waals surface area (Å²) in [5, 5.41) is 5.78. The number of halogens is 5. The van der Waals surface area contributed by atoms with E-state index in [2.05, 4.69) is 30.0 Å². The molecule has 0 spiro atoms. The highest BCUT2D eigenvalue weighted by atomic mass is 32.1. The molecule has 1 amide bonds. The normalized spacial score (nSPS) is 18.4. The molecule has 9 nitrogen and oxygen atoms in total. The van der Waals surface area contributed by atoms with Gasteiger partial charge < -0.3 is 15.4 Å². The second-order valence-electron chi connectivity index (χ2n) is 8.79. The molecule has 15 heteroatoms. The molecule has 1 saturated heterocycles. The maximum Gasteiger partial charge on any atom is 0.434 e. The maximum absolute atomic E-state index is 13.0. The fourth-order valence-corrected chi connectivity index (χ4v) is 4.80. The van der Waals surface area contributed by atoms with Gasteiger partial charge in [0.25, 0.3) is 12.3 Å². The van der Waals surface area contributed by atoms with Crippen molar-refractivity contribution < 1.29 is 31.5 Å². The number of aryl methyl sites for hydroxylation is 1. The Morgan fingerprint density at radius 1 is 1.21 bits per heavy atom. The number of carbonyl (C=O) groups is 1. The molecule has 4 rings (SSSR count). The Hall–Kier alpha value is -3.46. The molecule has 0 aromatic carbocycles. The number of amides is 1. The number of aromatic nitrogens is 4. The van der Waals surface area contributed by atoms with Gasteiger partial charge in [0.05, 0.1) is 42.1 Å². The lowest BCUT2D eigenvalue weighted by atomic mass is 9.96. The van der Waals surface area contributed by atoms with Crippen LogP contribution in [0.3, 0.4) is 0 Å². The maximum atomic E-state index is 13.0. The van der Waals surface area contributed by atoms with Crippen molar-refractivity contribution >= 4 is 33.9 Å². The van der Waals surface area contributed by atoms with Crippen molar-refractivity contribution in [1.82, 2.24) is 24.2 Å². The molecule has 2 unspecified atom stereocenters. The third kappa shape index (κ3) is 6.89. The van der Waals surface area contributed by atoms with Gasteiger partial charge in [-0.2, -0.15) is 17.5 Å². The Bertz CT molecular complexity index is 1240. The van der Waals surface area contributed by atoms with Gasteiger partial charge in [0.1, 0.15) is 16.9 Å². The number of nitrogens with one attached hydrogen (secondary N) is 2. The highest BCUT2D eigenvalue weighted by molar-refractivity contribution is 7.10. The Morgan fingerprint density at radius 3 is 2.61 bits per heavy atom. The molecule has 4 heterocycles. The van der Waals surface area contributed by atoms with Crippen molar-refractivity contribution in [1.29, 1.82) is 0 Å². The lowest BCUT2D eigenvalue weighted by Crippen LogP contribution is -2.45. The quantitative estimate of drug-likeness (QED) is 0.373. The Labute approximate surface area is 218 Å². The van der Waals surface area contributed by atoms with Gasteiger partial charge in [-0.3, -0.25) is 9.69 Å². The summed E-state index contributed by atoms with van der Waals surface area (Å²) in [6.07, 6.45) is -3.62. The summed E-state index contributed by atoms with van der Waals surface area (Å²) in [4.78, 5) is 26.0. The van der Waals surface area contributed by atoms with E-state index >= 15 is 0 Å². The van der Waals surface area contributed by atoms with E-state index in [-0.39, 0.29) is 34.9 Å². The number of nitrogens with zero attached hydrogens (tertiary/aromatic N) is 5. The third-order valence-electron chi connectivity index (χ3n) is 5.85. The molecular formula is C23H24F5N7O2S. The van der Waals surface area contributed by atoms with Crippen LogP contribution < -0.4 is 15.4 Å². The summed E-state index contributed by atoms with van der Waals surface area (Å²) < 4.78 is 73.5. The van der Waals surface area contributed by atoms with E-state index in [9.17, 15) is 26.7 Å². The van der Waals surface area contributed by atoms with Crippen molar-refractivity contribution in [2.45, 2.75) is 39.0 Å². The molecule has 2 atom stereocenters. The summed E-state index contributed by atoms with van der Waals surface area (Å²) in [5.74, 6) is -0.0981. The van der Waals surface area contributed by atoms with Gasteiger partial charge in [-0.1, -0.05) is 6.92 Å². The van der Waals surface area contributed by atoms with Gasteiger partial charge in [-0.05, 0) is 30.9 Å². The van der Waals surface area contributed by atoms with Gasteiger partial charge in [-0.25, -0.2) is 23.7 Å². The zero-order chi connectivity index (χ0) is 27.4. The number of hydrogen-bond donors (Lipinski definition) is 2. The topological polar surface area (TPSA) is 105 Å². The predicted octanol–water partition coefficient (Wildman–Crippen LogP) is 5.01. The van der Waals surface area contributed by atoms with Crippen LogP contribution >= 0.6 is 11.5 Å². The number of ether oxygens (including phenoxy) is 1. The summed E-state index contributed by atoms with van der Waals surface area (Å²) in [7, 11) is 0. The zero-order valence-corrected chi connectivity index (χ0v) is 21.1. The average molecular weight is 558 g/mol. The van der Waals surface area contributed by atoms with Crippen LogP contribution in [0.25, 0.3) is 0 Å². The van der Waals surface area contributed by atoms with E-state index in [1.54, 1.807) is 24.0 Å². The van der Waals surface area contributed by atoms with Gasteiger partial charge >= 0.3 is 6.18 Å². The number of alkyl halides is 5. The van der Waals surface area contributed by atoms with Crippen molar-refractivity contribution in [3.63, 3.8) is 0 Å². The lowest BCUT2D eigenvalue weighted by Gasteiger charge is -2.36. The highest BCUT2D eigenvalue weighted by Crippen LogP contribution is 2.30. The van der Waals surface area contributed by atoms with Gasteiger partial charge in [0.2, 0.25) is 5.88 Å². The Kier molecular flexibility index (Phi) is 8.35. The van der Waals surface area contributed by atoms with E-state index in [4.69, 9.17) is 4.74 Å². The van der Waals surface area contributed by atoms with Crippen molar-refractivity contribution in [3.8, 4) is 5.88 Å². The van der Waals surface area contributed by atoms with Crippen molar-refractivity contribution in [2.24, 2.45) is 5.92 Å². The number of likely N-dealkylation sites (tertiary alicyclic amines) is 1. The zero-order valence-electron chi connectivity index (χ0n) is 20.3. The molecule has 0 aliphatic carbocycles. The summed E-state index contributed by atoms with van der Waals surface area (Å²) >= 11 is 0.952. The largest absolute Gasteiger partial charge is 0.474 e. The summed E-state index contributed by atoms with van der Waals surface area (Å²) in [6.45, 7) is 4.33. The van der Waals surface area contributed by atoms with Crippen LogP contribution in [0.4, 0.5) is 38.5 Å². The minimum atomic E-state index is -4.61. The van der Waals surface area contributed by atoms with E-state index in [1.165, 1.54) is 6.20 Å². The average Bonchev–Trinajstić information content (AvgIpc) is 3.21. The number of rotatable bonds is 8. The molecule has 2 N–H and O–H groups in total. The van der Waals surface area contributed by atoms with Crippen LogP contribution in [0.5, 0.6) is 5.88 Å². The molecule has 3 aromatic rings. The van der Waals surface area contributed by atoms with Crippen LogP contribution in [-0.2, 0) is 6.18 Å². The Balaban J connectivity index is 1.36. The first kappa shape index (κ1) is 27.6. The number of anilines is 3. The fourth-order valence-electron chi connectivity index (χ4n) is 4.00. The molecule has 1 aliphatic rings. The van der Waals surface area contributed by atoms with E-state index < -0.39 is 24.2 Å². The molecule has 0 radical (unpaired) electrons. The van der Waals surface area contributed by atoms with Crippen LogP contribution in [0.1, 0.15) is 35.1 Å².